The van der Waals surface area contributed by atoms with Crippen LogP contribution in [0.25, 0.3) is 21.8 Å². The lowest BCUT2D eigenvalue weighted by Crippen LogP contribution is -2.50. The van der Waals surface area contributed by atoms with Crippen molar-refractivity contribution >= 4 is 39.5 Å². The predicted molar refractivity (Wildman–Crippen MR) is 188 cm³/mol. The van der Waals surface area contributed by atoms with Gasteiger partial charge in [0.25, 0.3) is 0 Å². The average Bonchev–Trinajstić information content (AvgIpc) is 3.73. The highest BCUT2D eigenvalue weighted by Gasteiger charge is 2.46. The summed E-state index contributed by atoms with van der Waals surface area (Å²) < 4.78 is 0. The first-order valence-electron chi connectivity index (χ1n) is 16.2. The normalized spacial score (nSPS) is 20.0. The lowest BCUT2D eigenvalue weighted by Gasteiger charge is -2.36. The lowest BCUT2D eigenvalue weighted by molar-refractivity contribution is -0.0408. The Bertz CT molecular complexity index is 1870. The number of anilines is 2. The van der Waals surface area contributed by atoms with Gasteiger partial charge in [-0.05, 0) is 59.4 Å². The summed E-state index contributed by atoms with van der Waals surface area (Å²) in [6.45, 7) is 0.452. The molecule has 0 saturated carbocycles. The van der Waals surface area contributed by atoms with Crippen LogP contribution in [0.4, 0.5) is 16.4 Å². The Morgan fingerprint density at radius 2 is 1.04 bits per heavy atom. The predicted octanol–water partition coefficient (Wildman–Crippen LogP) is 4.90. The van der Waals surface area contributed by atoms with Crippen LogP contribution < -0.4 is 10.6 Å². The SMILES string of the molecule is CNc1n[nH]c2ccc(CN3C(=O)N(Cc4ccc5[nH]nc(NC)c5c4)[C@H](Cc4ccccc4)[C@H](O)[C@@H](O)[C@H]3Cc3ccccc3)cc12. The van der Waals surface area contributed by atoms with Crippen LogP contribution in [-0.4, -0.2) is 84.8 Å². The molecule has 1 fully saturated rings. The summed E-state index contributed by atoms with van der Waals surface area (Å²) in [6, 6.07) is 29.9. The molecular formula is C37H40N8O3. The zero-order chi connectivity index (χ0) is 33.2. The van der Waals surface area contributed by atoms with E-state index >= 15 is 4.79 Å². The van der Waals surface area contributed by atoms with Crippen LogP contribution >= 0.6 is 0 Å². The zero-order valence-electron chi connectivity index (χ0n) is 27.0. The third-order valence-corrected chi connectivity index (χ3v) is 9.44. The van der Waals surface area contributed by atoms with E-state index in [-0.39, 0.29) is 19.1 Å². The van der Waals surface area contributed by atoms with Gasteiger partial charge in [0.1, 0.15) is 12.2 Å². The Morgan fingerprint density at radius 1 is 0.625 bits per heavy atom. The van der Waals surface area contributed by atoms with Gasteiger partial charge < -0.3 is 30.6 Å². The van der Waals surface area contributed by atoms with Gasteiger partial charge >= 0.3 is 6.03 Å². The van der Waals surface area contributed by atoms with Crippen molar-refractivity contribution in [1.82, 2.24) is 30.2 Å². The molecule has 0 spiro atoms. The quantitative estimate of drug-likeness (QED) is 0.124. The monoisotopic (exact) mass is 644 g/mol. The second-order valence-corrected chi connectivity index (χ2v) is 12.4. The van der Waals surface area contributed by atoms with Crippen LogP contribution in [0.3, 0.4) is 0 Å². The van der Waals surface area contributed by atoms with Gasteiger partial charge in [-0.1, -0.05) is 72.8 Å². The number of aromatic amines is 2. The first-order valence-corrected chi connectivity index (χ1v) is 16.2. The van der Waals surface area contributed by atoms with Crippen molar-refractivity contribution in [2.24, 2.45) is 0 Å². The van der Waals surface area contributed by atoms with E-state index in [0.717, 1.165) is 44.1 Å². The maximum Gasteiger partial charge on any atom is 0.321 e. The summed E-state index contributed by atoms with van der Waals surface area (Å²) in [4.78, 5) is 18.6. The molecule has 0 unspecified atom stereocenters. The molecule has 4 aromatic carbocycles. The van der Waals surface area contributed by atoms with Crippen molar-refractivity contribution in [3.8, 4) is 0 Å². The van der Waals surface area contributed by atoms with Gasteiger partial charge in [-0.3, -0.25) is 10.2 Å². The molecule has 48 heavy (non-hydrogen) atoms. The van der Waals surface area contributed by atoms with Crippen molar-refractivity contribution in [3.63, 3.8) is 0 Å². The van der Waals surface area contributed by atoms with Crippen LogP contribution in [-0.2, 0) is 25.9 Å². The van der Waals surface area contributed by atoms with Crippen molar-refractivity contribution in [1.29, 1.82) is 0 Å². The number of carbonyl (C=O) groups excluding carboxylic acids is 1. The van der Waals surface area contributed by atoms with Crippen molar-refractivity contribution in [2.45, 2.75) is 50.2 Å². The molecular weight excluding hydrogens is 604 g/mol. The average molecular weight is 645 g/mol. The minimum atomic E-state index is -1.22. The number of hydrogen-bond donors (Lipinski definition) is 6. The summed E-state index contributed by atoms with van der Waals surface area (Å²) in [5, 5.41) is 47.0. The standard InChI is InChI=1S/C37H40N8O3/c1-38-35-27-17-25(13-15-29(27)40-42-35)21-44-31(19-23-9-5-3-6-10-23)33(46)34(47)32(20-24-11-7-4-8-12-24)45(37(44)48)22-26-14-16-30-28(18-26)36(39-2)43-41-30/h3-18,31-34,46-47H,19-22H2,1-2H3,(H2,38,40,42)(H2,39,41,43)/t31-,32-,33+,34+/m1/s1. The van der Waals surface area contributed by atoms with Crippen LogP contribution in [0, 0.1) is 0 Å². The largest absolute Gasteiger partial charge is 0.388 e. The summed E-state index contributed by atoms with van der Waals surface area (Å²) >= 11 is 0. The van der Waals surface area contributed by atoms with E-state index in [1.165, 1.54) is 0 Å². The molecule has 7 rings (SSSR count). The smallest absolute Gasteiger partial charge is 0.321 e. The second kappa shape index (κ2) is 13.4. The number of aliphatic hydroxyl groups is 2. The molecule has 1 aliphatic rings. The van der Waals surface area contributed by atoms with E-state index in [1.54, 1.807) is 9.80 Å². The first kappa shape index (κ1) is 31.2. The second-order valence-electron chi connectivity index (χ2n) is 12.4. The number of hydrogen-bond acceptors (Lipinski definition) is 7. The highest BCUT2D eigenvalue weighted by Crippen LogP contribution is 2.32. The molecule has 11 nitrogen and oxygen atoms in total. The van der Waals surface area contributed by atoms with Crippen molar-refractivity contribution in [3.05, 3.63) is 119 Å². The van der Waals surface area contributed by atoms with Crippen molar-refractivity contribution < 1.29 is 15.0 Å². The fourth-order valence-corrected chi connectivity index (χ4v) is 6.91. The molecule has 246 valence electrons. The number of aliphatic hydroxyl groups excluding tert-OH is 2. The minimum Gasteiger partial charge on any atom is -0.388 e. The molecule has 1 aliphatic heterocycles. The Kier molecular flexibility index (Phi) is 8.70. The van der Waals surface area contributed by atoms with Gasteiger partial charge in [0, 0.05) is 38.0 Å². The van der Waals surface area contributed by atoms with E-state index in [1.807, 2.05) is 111 Å². The zero-order valence-corrected chi connectivity index (χ0v) is 27.0. The summed E-state index contributed by atoms with van der Waals surface area (Å²) in [5.74, 6) is 1.43. The molecule has 2 amide bonds. The van der Waals surface area contributed by atoms with Crippen LogP contribution in [0.1, 0.15) is 22.3 Å². The summed E-state index contributed by atoms with van der Waals surface area (Å²) in [7, 11) is 3.64. The number of carbonyl (C=O) groups is 1. The molecule has 0 radical (unpaired) electrons. The van der Waals surface area contributed by atoms with Crippen LogP contribution in [0.5, 0.6) is 0 Å². The van der Waals surface area contributed by atoms with Gasteiger partial charge in [0.05, 0.1) is 23.1 Å². The molecule has 0 aliphatic carbocycles. The summed E-state index contributed by atoms with van der Waals surface area (Å²) in [5.41, 5.74) is 5.45. The van der Waals surface area contributed by atoms with E-state index in [0.29, 0.717) is 24.5 Å². The number of urea groups is 1. The maximum atomic E-state index is 15.1. The third-order valence-electron chi connectivity index (χ3n) is 9.44. The van der Waals surface area contributed by atoms with Crippen LogP contribution in [0.15, 0.2) is 97.1 Å². The van der Waals surface area contributed by atoms with Crippen LogP contribution in [0.2, 0.25) is 0 Å². The highest BCUT2D eigenvalue weighted by molar-refractivity contribution is 5.91. The number of rotatable bonds is 10. The van der Waals surface area contributed by atoms with Gasteiger partial charge in [-0.25, -0.2) is 4.79 Å². The Balaban J connectivity index is 1.33. The van der Waals surface area contributed by atoms with Crippen molar-refractivity contribution in [2.75, 3.05) is 24.7 Å². The molecule has 6 N–H and O–H groups in total. The van der Waals surface area contributed by atoms with Gasteiger partial charge in [-0.2, -0.15) is 10.2 Å². The molecule has 3 heterocycles. The molecule has 0 bridgehead atoms. The molecule has 11 heteroatoms. The molecule has 2 aromatic heterocycles. The van der Waals surface area contributed by atoms with E-state index in [4.69, 9.17) is 0 Å². The van der Waals surface area contributed by atoms with E-state index in [9.17, 15) is 10.2 Å². The summed E-state index contributed by atoms with van der Waals surface area (Å²) in [6.07, 6.45) is -1.69. The van der Waals surface area contributed by atoms with E-state index in [2.05, 4.69) is 31.0 Å². The number of nitrogens with one attached hydrogen (secondary N) is 4. The minimum absolute atomic E-state index is 0.226. The van der Waals surface area contributed by atoms with Gasteiger partial charge in [0.15, 0.2) is 11.6 Å². The van der Waals surface area contributed by atoms with Gasteiger partial charge in [-0.15, -0.1) is 0 Å². The fourth-order valence-electron chi connectivity index (χ4n) is 6.91. The highest BCUT2D eigenvalue weighted by atomic mass is 16.3. The first-order chi connectivity index (χ1) is 23.4. The third kappa shape index (κ3) is 6.05. The number of H-pyrrole nitrogens is 2. The lowest BCUT2D eigenvalue weighted by atomic mass is 9.91. The number of fused-ring (bicyclic) bond motifs is 2. The number of amides is 2. The molecule has 4 atom stereocenters. The number of aromatic nitrogens is 4. The topological polar surface area (TPSA) is 145 Å². The Morgan fingerprint density at radius 3 is 1.44 bits per heavy atom. The molecule has 1 saturated heterocycles. The number of nitrogens with zero attached hydrogens (tertiary/aromatic N) is 4. The number of benzene rings is 4. The molecule has 6 aromatic rings. The van der Waals surface area contributed by atoms with Gasteiger partial charge in [0.2, 0.25) is 0 Å². The Labute approximate surface area is 278 Å². The maximum absolute atomic E-state index is 15.1. The Hall–Kier alpha value is -5.39. The fraction of sp³-hybridized carbons (Fsp3) is 0.270. The van der Waals surface area contributed by atoms with E-state index < -0.39 is 24.3 Å².